The molecule has 2 aromatic heterocycles. The average Bonchev–Trinajstić information content (AvgIpc) is 3.30. The van der Waals surface area contributed by atoms with E-state index in [1.165, 1.54) is 6.33 Å². The SMILES string of the molecule is CC(C)(C)C(=O)OCCSP(=O)([O-])OC[C@@H]1CC[C@H](n2cnc3c(N)ncnc32)O1.[Na+]. The summed E-state index contributed by atoms with van der Waals surface area (Å²) in [7, 11) is 0. The Kier molecular flexibility index (Phi) is 9.36. The first-order chi connectivity index (χ1) is 14.1. The molecule has 1 unspecified atom stereocenters. The number of esters is 1. The van der Waals surface area contributed by atoms with Gasteiger partial charge in [-0.15, -0.1) is 0 Å². The number of nitrogen functional groups attached to an aromatic ring is 1. The molecule has 31 heavy (non-hydrogen) atoms. The monoisotopic (exact) mass is 481 g/mol. The summed E-state index contributed by atoms with van der Waals surface area (Å²) in [6.45, 7) is 0.966. The molecule has 2 aromatic rings. The molecule has 3 rings (SSSR count). The van der Waals surface area contributed by atoms with Crippen LogP contribution in [0.15, 0.2) is 12.7 Å². The Hall–Kier alpha value is -0.720. The minimum absolute atomic E-state index is 0. The van der Waals surface area contributed by atoms with E-state index >= 15 is 0 Å². The van der Waals surface area contributed by atoms with Gasteiger partial charge in [-0.3, -0.25) is 13.9 Å². The number of rotatable bonds is 8. The van der Waals surface area contributed by atoms with Gasteiger partial charge in [-0.05, 0) is 33.6 Å². The largest absolute Gasteiger partial charge is 1.00 e. The molecule has 0 bridgehead atoms. The minimum Gasteiger partial charge on any atom is -0.770 e. The number of fused-ring (bicyclic) bond motifs is 1. The van der Waals surface area contributed by atoms with E-state index in [-0.39, 0.29) is 72.6 Å². The second-order valence-electron chi connectivity index (χ2n) is 7.84. The molecule has 1 aliphatic rings. The fraction of sp³-hybridized carbons (Fsp3) is 0.647. The molecule has 0 spiro atoms. The number of carbonyl (C=O) groups excluding carboxylic acids is 1. The van der Waals surface area contributed by atoms with Gasteiger partial charge in [-0.1, -0.05) is 11.4 Å². The Balaban J connectivity index is 0.00000341. The van der Waals surface area contributed by atoms with Gasteiger partial charge in [0, 0.05) is 5.75 Å². The first-order valence-corrected chi connectivity index (χ1v) is 12.6. The number of aromatic nitrogens is 4. The second-order valence-corrected chi connectivity index (χ2v) is 11.8. The fourth-order valence-corrected chi connectivity index (χ4v) is 4.91. The van der Waals surface area contributed by atoms with Gasteiger partial charge in [0.2, 0.25) is 0 Å². The van der Waals surface area contributed by atoms with E-state index in [9.17, 15) is 14.3 Å². The van der Waals surface area contributed by atoms with Crippen LogP contribution in [0, 0.1) is 5.41 Å². The topological polar surface area (TPSA) is 155 Å². The van der Waals surface area contributed by atoms with Gasteiger partial charge in [-0.25, -0.2) is 15.0 Å². The van der Waals surface area contributed by atoms with Crippen LogP contribution >= 0.6 is 18.2 Å². The summed E-state index contributed by atoms with van der Waals surface area (Å²) in [6.07, 6.45) is 3.49. The van der Waals surface area contributed by atoms with Crippen LogP contribution in [0.25, 0.3) is 11.2 Å². The third-order valence-corrected chi connectivity index (χ3v) is 7.32. The summed E-state index contributed by atoms with van der Waals surface area (Å²) >= 11 is 0.616. The van der Waals surface area contributed by atoms with Gasteiger partial charge in [0.15, 0.2) is 18.3 Å². The van der Waals surface area contributed by atoms with Crippen molar-refractivity contribution in [1.29, 1.82) is 0 Å². The predicted molar refractivity (Wildman–Crippen MR) is 109 cm³/mol. The summed E-state index contributed by atoms with van der Waals surface area (Å²) in [5.41, 5.74) is 6.22. The number of hydrogen-bond donors (Lipinski definition) is 1. The van der Waals surface area contributed by atoms with Crippen LogP contribution in [0.3, 0.4) is 0 Å². The Labute approximate surface area is 206 Å². The van der Waals surface area contributed by atoms with E-state index in [0.29, 0.717) is 35.4 Å². The third kappa shape index (κ3) is 7.13. The van der Waals surface area contributed by atoms with Crippen molar-refractivity contribution in [2.45, 2.75) is 45.9 Å². The first-order valence-electron chi connectivity index (χ1n) is 9.42. The smallest absolute Gasteiger partial charge is 0.770 e. The van der Waals surface area contributed by atoms with E-state index in [2.05, 4.69) is 15.0 Å². The second kappa shape index (κ2) is 10.9. The van der Waals surface area contributed by atoms with Crippen LogP contribution in [-0.2, 0) is 23.4 Å². The van der Waals surface area contributed by atoms with Crippen LogP contribution in [0.5, 0.6) is 0 Å². The molecule has 1 saturated heterocycles. The molecule has 11 nitrogen and oxygen atoms in total. The standard InChI is InChI=1S/C17H26N5O6PS.Na/c1-17(2,3)16(23)26-6-7-30-29(24,25)27-8-11-4-5-12(28-11)22-10-21-13-14(18)19-9-20-15(13)22;/h9-12H,4-8H2,1-3H3,(H,24,25)(H2,18,19,20);/q;+1/p-1/t11-,12+;/m0./s1. The molecule has 2 N–H and O–H groups in total. The molecule has 0 aromatic carbocycles. The summed E-state index contributed by atoms with van der Waals surface area (Å²) < 4.78 is 29.9. The van der Waals surface area contributed by atoms with E-state index < -0.39 is 12.2 Å². The van der Waals surface area contributed by atoms with Crippen molar-refractivity contribution in [2.75, 3.05) is 24.7 Å². The number of anilines is 1. The first kappa shape index (κ1) is 26.5. The average molecular weight is 481 g/mol. The maximum atomic E-state index is 12.1. The molecule has 14 heteroatoms. The van der Waals surface area contributed by atoms with E-state index in [1.54, 1.807) is 31.7 Å². The van der Waals surface area contributed by atoms with Crippen LogP contribution in [0.1, 0.15) is 39.8 Å². The Morgan fingerprint density at radius 3 is 2.84 bits per heavy atom. The van der Waals surface area contributed by atoms with Crippen LogP contribution in [0.2, 0.25) is 0 Å². The van der Waals surface area contributed by atoms with Crippen LogP contribution < -0.4 is 40.2 Å². The molecule has 0 radical (unpaired) electrons. The van der Waals surface area contributed by atoms with E-state index in [1.807, 2.05) is 0 Å². The zero-order valence-electron chi connectivity index (χ0n) is 18.0. The number of nitrogens with zero attached hydrogens (tertiary/aromatic N) is 4. The van der Waals surface area contributed by atoms with Gasteiger partial charge in [-0.2, -0.15) is 0 Å². The van der Waals surface area contributed by atoms with Crippen LogP contribution in [-0.4, -0.2) is 50.6 Å². The van der Waals surface area contributed by atoms with E-state index in [0.717, 1.165) is 0 Å². The maximum absolute atomic E-state index is 12.1. The molecular weight excluding hydrogens is 456 g/mol. The number of hydrogen-bond acceptors (Lipinski definition) is 11. The Morgan fingerprint density at radius 1 is 1.39 bits per heavy atom. The van der Waals surface area contributed by atoms with E-state index in [4.69, 9.17) is 19.7 Å². The van der Waals surface area contributed by atoms with Gasteiger partial charge in [0.25, 0.3) is 0 Å². The summed E-state index contributed by atoms with van der Waals surface area (Å²) in [6, 6.07) is 0. The van der Waals surface area contributed by atoms with Crippen molar-refractivity contribution >= 4 is 41.1 Å². The zero-order chi connectivity index (χ0) is 21.9. The number of imidazole rings is 1. The molecule has 1 fully saturated rings. The molecule has 3 atom stereocenters. The van der Waals surface area contributed by atoms with Gasteiger partial charge >= 0.3 is 35.5 Å². The zero-order valence-corrected chi connectivity index (χ0v) is 21.7. The van der Waals surface area contributed by atoms with Gasteiger partial charge in [0.1, 0.15) is 24.7 Å². The van der Waals surface area contributed by atoms with Crippen molar-refractivity contribution in [3.8, 4) is 0 Å². The Bertz CT molecular complexity index is 955. The number of carbonyl (C=O) groups is 1. The molecule has 0 saturated carbocycles. The van der Waals surface area contributed by atoms with Crippen LogP contribution in [0.4, 0.5) is 5.82 Å². The van der Waals surface area contributed by atoms with Crippen molar-refractivity contribution < 1.29 is 57.8 Å². The minimum atomic E-state index is -4.13. The quantitative estimate of drug-likeness (QED) is 0.211. The number of nitrogens with two attached hydrogens (primary N) is 1. The fourth-order valence-electron chi connectivity index (χ4n) is 2.81. The predicted octanol–water partition coefficient (Wildman–Crippen LogP) is -1.10. The normalized spacial score (nSPS) is 20.9. The molecule has 0 aliphatic carbocycles. The van der Waals surface area contributed by atoms with Gasteiger partial charge in [0.05, 0.1) is 24.5 Å². The maximum Gasteiger partial charge on any atom is 1.00 e. The summed E-state index contributed by atoms with van der Waals surface area (Å²) in [5.74, 6) is 0.00199. The molecule has 0 amide bonds. The molecule has 3 heterocycles. The summed E-state index contributed by atoms with van der Waals surface area (Å²) in [5, 5.41) is 0. The van der Waals surface area contributed by atoms with Crippen molar-refractivity contribution in [1.82, 2.24) is 19.5 Å². The third-order valence-electron chi connectivity index (χ3n) is 4.38. The Morgan fingerprint density at radius 2 is 2.13 bits per heavy atom. The van der Waals surface area contributed by atoms with Crippen molar-refractivity contribution in [3.05, 3.63) is 12.7 Å². The van der Waals surface area contributed by atoms with Crippen molar-refractivity contribution in [2.24, 2.45) is 5.41 Å². The molecular formula is C17H25N5NaO6PS. The summed E-state index contributed by atoms with van der Waals surface area (Å²) in [4.78, 5) is 36.1. The molecule has 166 valence electrons. The molecule has 1 aliphatic heterocycles. The van der Waals surface area contributed by atoms with Crippen molar-refractivity contribution in [3.63, 3.8) is 0 Å². The number of ether oxygens (including phenoxy) is 2. The van der Waals surface area contributed by atoms with Gasteiger partial charge < -0.3 is 24.6 Å².